The van der Waals surface area contributed by atoms with E-state index in [4.69, 9.17) is 28.2 Å². The van der Waals surface area contributed by atoms with Crippen LogP contribution in [0, 0.1) is 17.2 Å². The summed E-state index contributed by atoms with van der Waals surface area (Å²) >= 11 is 4.86. The molecule has 1 heterocycles. The van der Waals surface area contributed by atoms with Crippen molar-refractivity contribution in [3.8, 4) is 0 Å². The summed E-state index contributed by atoms with van der Waals surface area (Å²) in [6, 6.07) is 9.57. The van der Waals surface area contributed by atoms with Crippen LogP contribution in [0.4, 0.5) is 25.8 Å². The number of thiocarbonyl (C=S) groups is 1. The molecule has 35 heavy (non-hydrogen) atoms. The summed E-state index contributed by atoms with van der Waals surface area (Å²) in [6.07, 6.45) is 1.72. The van der Waals surface area contributed by atoms with E-state index >= 15 is 0 Å². The number of anilines is 2. The molecule has 3 rings (SSSR count). The Labute approximate surface area is 207 Å². The summed E-state index contributed by atoms with van der Waals surface area (Å²) in [4.78, 5) is 15.9. The number of rotatable bonds is 8. The van der Waals surface area contributed by atoms with E-state index in [1.54, 1.807) is 21.9 Å². The number of nitrogens with one attached hydrogen (secondary N) is 2. The van der Waals surface area contributed by atoms with Gasteiger partial charge in [0.15, 0.2) is 11.6 Å². The van der Waals surface area contributed by atoms with E-state index in [1.807, 2.05) is 12.1 Å². The lowest BCUT2D eigenvalue weighted by Gasteiger charge is -2.36. The van der Waals surface area contributed by atoms with Gasteiger partial charge in [-0.1, -0.05) is 12.1 Å². The van der Waals surface area contributed by atoms with Crippen LogP contribution in [-0.2, 0) is 16.0 Å². The summed E-state index contributed by atoms with van der Waals surface area (Å²) in [5.41, 5.74) is 14.9. The summed E-state index contributed by atoms with van der Waals surface area (Å²) in [5, 5.41) is 7.72. The van der Waals surface area contributed by atoms with Crippen LogP contribution >= 0.6 is 12.2 Å². The SMILES string of the molecule is COC(=S)NC/C(=C/[NH2+]c1cc(F)c(N2CCN(C(=O)Cc3ccc(N)cc3)CC2)c(F)c1)N=N. The van der Waals surface area contributed by atoms with Gasteiger partial charge < -0.3 is 25.6 Å². The summed E-state index contributed by atoms with van der Waals surface area (Å²) < 4.78 is 34.5. The Kier molecular flexibility index (Phi) is 9.04. The van der Waals surface area contributed by atoms with Crippen LogP contribution in [0.15, 0.2) is 53.4 Å². The Morgan fingerprint density at radius 3 is 2.43 bits per heavy atom. The van der Waals surface area contributed by atoms with Gasteiger partial charge in [0, 0.05) is 44.0 Å². The second-order valence-electron chi connectivity index (χ2n) is 7.90. The van der Waals surface area contributed by atoms with Crippen molar-refractivity contribution in [2.75, 3.05) is 50.5 Å². The molecule has 0 unspecified atom stereocenters. The van der Waals surface area contributed by atoms with Gasteiger partial charge in [0.25, 0.3) is 5.17 Å². The van der Waals surface area contributed by atoms with Crippen LogP contribution in [0.3, 0.4) is 0 Å². The maximum atomic E-state index is 14.9. The lowest BCUT2D eigenvalue weighted by molar-refractivity contribution is -0.497. The third kappa shape index (κ3) is 7.17. The second-order valence-corrected chi connectivity index (χ2v) is 8.27. The molecule has 0 aliphatic carbocycles. The van der Waals surface area contributed by atoms with Crippen LogP contribution in [0.25, 0.3) is 0 Å². The fourth-order valence-electron chi connectivity index (χ4n) is 3.65. The normalized spacial score (nSPS) is 14.0. The largest absolute Gasteiger partial charge is 0.474 e. The summed E-state index contributed by atoms with van der Waals surface area (Å²) in [5.74, 6) is -1.44. The van der Waals surface area contributed by atoms with Crippen molar-refractivity contribution in [2.45, 2.75) is 6.42 Å². The molecule has 0 radical (unpaired) electrons. The van der Waals surface area contributed by atoms with Crippen molar-refractivity contribution in [3.05, 3.63) is 65.5 Å². The first-order valence-electron chi connectivity index (χ1n) is 10.9. The minimum atomic E-state index is -0.700. The van der Waals surface area contributed by atoms with Crippen molar-refractivity contribution in [1.29, 1.82) is 5.53 Å². The van der Waals surface area contributed by atoms with Crippen molar-refractivity contribution >= 4 is 40.4 Å². The number of nitrogens with two attached hydrogens (primary N) is 2. The van der Waals surface area contributed by atoms with Gasteiger partial charge in [0.1, 0.15) is 23.3 Å². The van der Waals surface area contributed by atoms with Crippen molar-refractivity contribution in [3.63, 3.8) is 0 Å². The zero-order chi connectivity index (χ0) is 25.4. The molecule has 0 aromatic heterocycles. The molecule has 186 valence electrons. The van der Waals surface area contributed by atoms with Gasteiger partial charge in [0.2, 0.25) is 5.91 Å². The molecule has 0 atom stereocenters. The molecule has 0 bridgehead atoms. The number of benzene rings is 2. The van der Waals surface area contributed by atoms with Crippen LogP contribution in [0.1, 0.15) is 5.56 Å². The number of hydrogen-bond donors (Lipinski definition) is 4. The molecule has 0 saturated carbocycles. The highest BCUT2D eigenvalue weighted by Crippen LogP contribution is 2.27. The molecule has 1 fully saturated rings. The van der Waals surface area contributed by atoms with E-state index in [0.717, 1.165) is 5.56 Å². The number of amides is 1. The predicted octanol–water partition coefficient (Wildman–Crippen LogP) is 2.03. The molecule has 2 aromatic rings. The standard InChI is InChI=1S/C23H27F2N7O2S/c1-34-23(35)29-14-18(30-27)13-28-17-11-19(24)22(20(25)12-17)32-8-6-31(7-9-32)21(33)10-15-2-4-16(26)5-3-15/h2-5,11-13,27-28H,6-10,14,26H2,1H3,(H,29,35)/p+1/b18-13-,30-27?. The average molecular weight is 505 g/mol. The van der Waals surface area contributed by atoms with Crippen LogP contribution in [0.5, 0.6) is 0 Å². The number of ether oxygens (including phenoxy) is 1. The number of nitrogen functional groups attached to an aromatic ring is 1. The molecule has 1 amide bonds. The highest BCUT2D eigenvalue weighted by molar-refractivity contribution is 7.80. The van der Waals surface area contributed by atoms with Crippen LogP contribution in [-0.4, -0.2) is 55.8 Å². The van der Waals surface area contributed by atoms with Gasteiger partial charge in [-0.05, 0) is 29.9 Å². The van der Waals surface area contributed by atoms with Gasteiger partial charge in [-0.15, -0.1) is 0 Å². The highest BCUT2D eigenvalue weighted by Gasteiger charge is 2.26. The Balaban J connectivity index is 1.59. The quantitative estimate of drug-likeness (QED) is 0.248. The number of piperazine rings is 1. The van der Waals surface area contributed by atoms with Gasteiger partial charge in [-0.25, -0.2) is 14.3 Å². The van der Waals surface area contributed by atoms with Crippen molar-refractivity contribution in [1.82, 2.24) is 10.2 Å². The van der Waals surface area contributed by atoms with Gasteiger partial charge in [-0.3, -0.25) is 10.1 Å². The number of hydrogen-bond acceptors (Lipinski definition) is 7. The molecule has 1 saturated heterocycles. The fraction of sp³-hybridized carbons (Fsp3) is 0.304. The van der Waals surface area contributed by atoms with Gasteiger partial charge >= 0.3 is 0 Å². The first-order valence-corrected chi connectivity index (χ1v) is 11.3. The Bertz CT molecular complexity index is 1080. The zero-order valence-corrected chi connectivity index (χ0v) is 20.1. The van der Waals surface area contributed by atoms with E-state index in [2.05, 4.69) is 10.4 Å². The van der Waals surface area contributed by atoms with E-state index in [0.29, 0.717) is 37.6 Å². The lowest BCUT2D eigenvalue weighted by atomic mass is 10.1. The van der Waals surface area contributed by atoms with Crippen LogP contribution < -0.4 is 21.3 Å². The molecule has 9 nitrogen and oxygen atoms in total. The molecule has 2 aromatic carbocycles. The minimum absolute atomic E-state index is 0.0385. The number of carbonyl (C=O) groups excluding carboxylic acids is 1. The number of carbonyl (C=O) groups is 1. The van der Waals surface area contributed by atoms with Crippen molar-refractivity contribution in [2.24, 2.45) is 5.11 Å². The monoisotopic (exact) mass is 504 g/mol. The van der Waals surface area contributed by atoms with E-state index in [9.17, 15) is 13.6 Å². The Morgan fingerprint density at radius 2 is 1.86 bits per heavy atom. The van der Waals surface area contributed by atoms with E-state index in [-0.39, 0.29) is 35.4 Å². The average Bonchev–Trinajstić information content (AvgIpc) is 2.85. The first kappa shape index (κ1) is 26.0. The lowest BCUT2D eigenvalue weighted by Crippen LogP contribution is -2.71. The predicted molar refractivity (Wildman–Crippen MR) is 132 cm³/mol. The van der Waals surface area contributed by atoms with E-state index < -0.39 is 11.6 Å². The topological polar surface area (TPSA) is 124 Å². The molecule has 0 spiro atoms. The molecular formula is C23H28F2N7O2S+. The molecule has 1 aliphatic heterocycles. The number of methoxy groups -OCH3 is 1. The van der Waals surface area contributed by atoms with Gasteiger partial charge in [0.05, 0.1) is 20.1 Å². The second kappa shape index (κ2) is 12.2. The third-order valence-electron chi connectivity index (χ3n) is 5.53. The van der Waals surface area contributed by atoms with E-state index in [1.165, 1.54) is 30.8 Å². The maximum absolute atomic E-state index is 14.9. The minimum Gasteiger partial charge on any atom is -0.474 e. The number of nitrogens with zero attached hydrogens (tertiary/aromatic N) is 3. The third-order valence-corrected chi connectivity index (χ3v) is 5.84. The number of halogens is 2. The van der Waals surface area contributed by atoms with Crippen LogP contribution in [0.2, 0.25) is 0 Å². The van der Waals surface area contributed by atoms with Crippen molar-refractivity contribution < 1.29 is 23.6 Å². The maximum Gasteiger partial charge on any atom is 0.256 e. The molecular weight excluding hydrogens is 476 g/mol. The summed E-state index contributed by atoms with van der Waals surface area (Å²) in [6.45, 7) is 1.51. The highest BCUT2D eigenvalue weighted by atomic mass is 32.1. The fourth-order valence-corrected chi connectivity index (χ4v) is 3.72. The number of quaternary nitrogens is 1. The molecule has 12 heteroatoms. The molecule has 1 aliphatic rings. The molecule has 6 N–H and O–H groups in total. The van der Waals surface area contributed by atoms with Gasteiger partial charge in [-0.2, -0.15) is 5.11 Å². The Morgan fingerprint density at radius 1 is 1.23 bits per heavy atom. The first-order chi connectivity index (χ1) is 16.8. The smallest absolute Gasteiger partial charge is 0.256 e. The Hall–Kier alpha value is -3.64. The summed E-state index contributed by atoms with van der Waals surface area (Å²) in [7, 11) is 1.41. The zero-order valence-electron chi connectivity index (χ0n) is 19.3.